The number of ether oxygens (including phenoxy) is 5. The topological polar surface area (TPSA) is 382 Å². The van der Waals surface area contributed by atoms with E-state index >= 15 is 0 Å². The number of cyclic esters (lactones) is 1. The highest BCUT2D eigenvalue weighted by Crippen LogP contribution is 2.38. The Labute approximate surface area is 507 Å². The number of primary amides is 1. The average molecular weight is 1250 g/mol. The van der Waals surface area contributed by atoms with Crippen LogP contribution in [0.3, 0.4) is 0 Å². The molecule has 2 aliphatic rings. The van der Waals surface area contributed by atoms with Crippen LogP contribution in [0.1, 0.15) is 97.5 Å². The fourth-order valence-corrected chi connectivity index (χ4v) is 9.01. The Morgan fingerprint density at radius 3 is 2.18 bits per heavy atom. The molecule has 8 amide bonds. The molecular formula is C59H87N7O20P-. The van der Waals surface area contributed by atoms with E-state index in [1.807, 2.05) is 0 Å². The minimum atomic E-state index is -5.33. The maximum atomic E-state index is 13.6. The van der Waals surface area contributed by atoms with E-state index in [-0.39, 0.29) is 128 Å². The molecule has 2 unspecified atom stereocenters. The van der Waals surface area contributed by atoms with Crippen molar-refractivity contribution >= 4 is 66.9 Å². The summed E-state index contributed by atoms with van der Waals surface area (Å²) in [4.78, 5) is 137. The number of unbranched alkanes of at least 4 members (excludes halogenated alkanes) is 1. The first-order chi connectivity index (χ1) is 41.1. The number of nitrogens with one attached hydrogen (secondary N) is 3. The third-order valence-electron chi connectivity index (χ3n) is 13.5. The second kappa shape index (κ2) is 39.1. The van der Waals surface area contributed by atoms with Gasteiger partial charge in [0.25, 0.3) is 7.82 Å². The summed E-state index contributed by atoms with van der Waals surface area (Å²) in [6, 6.07) is 4.43. The summed E-state index contributed by atoms with van der Waals surface area (Å²) in [5.41, 5.74) is 4.28. The van der Waals surface area contributed by atoms with Crippen molar-refractivity contribution < 1.29 is 95.9 Å². The monoisotopic (exact) mass is 1240 g/mol. The van der Waals surface area contributed by atoms with E-state index in [4.69, 9.17) is 33.9 Å². The lowest BCUT2D eigenvalue weighted by atomic mass is 9.93. The number of hydrogen-bond donors (Lipinski definition) is 7. The maximum Gasteiger partial charge on any atom is 0.409 e. The fourth-order valence-electron chi connectivity index (χ4n) is 8.39. The summed E-state index contributed by atoms with van der Waals surface area (Å²) in [6.07, 6.45) is 12.1. The molecule has 1 aromatic rings. The van der Waals surface area contributed by atoms with Crippen molar-refractivity contribution in [1.82, 2.24) is 25.3 Å². The number of imide groups is 1. The fraction of sp³-hybridized carbons (Fsp3) is 0.576. The summed E-state index contributed by atoms with van der Waals surface area (Å²) in [5, 5.41) is 29.7. The van der Waals surface area contributed by atoms with Gasteiger partial charge in [-0.15, -0.1) is 0 Å². The molecule has 0 aliphatic carbocycles. The number of esters is 1. The Morgan fingerprint density at radius 2 is 1.55 bits per heavy atom. The summed E-state index contributed by atoms with van der Waals surface area (Å²) < 4.78 is 43.2. The van der Waals surface area contributed by atoms with E-state index in [0.29, 0.717) is 36.9 Å². The van der Waals surface area contributed by atoms with E-state index in [0.717, 1.165) is 0 Å². The molecule has 8 N–H and O–H groups in total. The molecule has 2 heterocycles. The zero-order valence-electron chi connectivity index (χ0n) is 50.4. The molecule has 0 bridgehead atoms. The Kier molecular flexibility index (Phi) is 33.4. The van der Waals surface area contributed by atoms with Crippen LogP contribution in [0.4, 0.5) is 10.5 Å². The molecule has 484 valence electrons. The predicted molar refractivity (Wildman–Crippen MR) is 315 cm³/mol. The molecule has 87 heavy (non-hydrogen) atoms. The summed E-state index contributed by atoms with van der Waals surface area (Å²) >= 11 is 0. The lowest BCUT2D eigenvalue weighted by Crippen LogP contribution is -2.54. The number of carbonyl (C=O) groups is 9. The number of likely N-dealkylation sites (tertiary alicyclic amines) is 1. The summed E-state index contributed by atoms with van der Waals surface area (Å²) in [7, 11) is -2.20. The van der Waals surface area contributed by atoms with Gasteiger partial charge < -0.3 is 79.7 Å². The largest absolute Gasteiger partial charge is 0.756 e. The quantitative estimate of drug-likeness (QED) is 0.0124. The number of aliphatic hydroxyl groups excluding tert-OH is 1. The number of hydrogen-bond acceptors (Lipinski definition) is 19. The van der Waals surface area contributed by atoms with Crippen LogP contribution in [0.15, 0.2) is 85.0 Å². The Hall–Kier alpha value is -6.94. The van der Waals surface area contributed by atoms with Crippen molar-refractivity contribution in [3.63, 3.8) is 0 Å². The second-order valence-corrected chi connectivity index (χ2v) is 22.6. The normalized spacial score (nSPS) is 18.1. The van der Waals surface area contributed by atoms with Crippen molar-refractivity contribution in [1.29, 1.82) is 0 Å². The van der Waals surface area contributed by atoms with Gasteiger partial charge in [-0.1, -0.05) is 87.9 Å². The lowest BCUT2D eigenvalue weighted by Gasteiger charge is -2.34. The number of aliphatic hydroxyl groups is 2. The number of benzene rings is 1. The van der Waals surface area contributed by atoms with Gasteiger partial charge in [-0.3, -0.25) is 43.0 Å². The van der Waals surface area contributed by atoms with Crippen LogP contribution < -0.4 is 26.6 Å². The van der Waals surface area contributed by atoms with E-state index < -0.39 is 85.9 Å². The molecule has 0 radical (unpaired) electrons. The van der Waals surface area contributed by atoms with Crippen LogP contribution in [0.5, 0.6) is 0 Å². The number of likely N-dealkylation sites (N-methyl/N-ethyl adjacent to an activating group) is 2. The Morgan fingerprint density at radius 1 is 0.897 bits per heavy atom. The highest BCUT2D eigenvalue weighted by Gasteiger charge is 2.36. The molecule has 28 heteroatoms. The first kappa shape index (κ1) is 74.3. The molecule has 0 spiro atoms. The van der Waals surface area contributed by atoms with Crippen LogP contribution in [-0.4, -0.2) is 193 Å². The van der Waals surface area contributed by atoms with E-state index in [9.17, 15) is 67.7 Å². The van der Waals surface area contributed by atoms with Crippen molar-refractivity contribution in [2.45, 2.75) is 135 Å². The molecule has 1 aromatic carbocycles. The van der Waals surface area contributed by atoms with Gasteiger partial charge in [-0.2, -0.15) is 0 Å². The molecule has 27 nitrogen and oxygen atoms in total. The first-order valence-corrected chi connectivity index (χ1v) is 30.3. The highest BCUT2D eigenvalue weighted by molar-refractivity contribution is 7.44. The molecule has 8 atom stereocenters. The van der Waals surface area contributed by atoms with Gasteiger partial charge >= 0.3 is 12.1 Å². The van der Waals surface area contributed by atoms with E-state index in [1.54, 1.807) is 82.5 Å². The summed E-state index contributed by atoms with van der Waals surface area (Å²) in [5.74, 6) is -3.91. The smallest absolute Gasteiger partial charge is 0.409 e. The minimum absolute atomic E-state index is 0.0506. The third-order valence-corrected chi connectivity index (χ3v) is 14.1. The number of anilines is 1. The average Bonchev–Trinajstić information content (AvgIpc) is 3.44. The highest BCUT2D eigenvalue weighted by atomic mass is 31.2. The number of nitrogens with zero attached hydrogens (tertiary/aromatic N) is 3. The number of phosphoric acid groups is 1. The zero-order chi connectivity index (χ0) is 64.5. The number of carbonyl (C=O) groups excluding carboxylic acids is 9. The molecule has 0 aromatic heterocycles. The SMILES string of the molecule is CC1CC(=O)N(CCOCCOCCOCCC(=O)N[C@H](C(=O)N[C@@H](CCCCC(N)=O)C(=O)Nc2ccc(COC(=O)N(C)CCN(C)C(=O)CC\C=C/C=C\C=C/[C@@H](O)C[C@H](OP(=O)([O-])O)[C@@](C)(O)/C=C/[C@@H]3CC=CC(=O)O3)cc2)C(C)C)C1=O. The van der Waals surface area contributed by atoms with Gasteiger partial charge in [0, 0.05) is 83.4 Å². The second-order valence-electron chi connectivity index (χ2n) is 21.4. The number of nitrogens with two attached hydrogens (primary N) is 1. The van der Waals surface area contributed by atoms with Crippen LogP contribution in [-0.2, 0) is 77.7 Å². The summed E-state index contributed by atoms with van der Waals surface area (Å²) in [6.45, 7) is 8.09. The number of amides is 8. The first-order valence-electron chi connectivity index (χ1n) is 28.8. The molecule has 1 fully saturated rings. The minimum Gasteiger partial charge on any atom is -0.756 e. The van der Waals surface area contributed by atoms with Crippen molar-refractivity contribution in [2.75, 3.05) is 78.7 Å². The Bertz CT molecular complexity index is 2620. The van der Waals surface area contributed by atoms with Crippen molar-refractivity contribution in [3.8, 4) is 0 Å². The van der Waals surface area contributed by atoms with Gasteiger partial charge in [0.05, 0.1) is 52.3 Å². The van der Waals surface area contributed by atoms with Gasteiger partial charge in [0.2, 0.25) is 41.4 Å². The zero-order valence-corrected chi connectivity index (χ0v) is 51.3. The lowest BCUT2D eigenvalue weighted by molar-refractivity contribution is -0.230. The van der Waals surface area contributed by atoms with Crippen molar-refractivity contribution in [3.05, 3.63) is 90.6 Å². The standard InChI is InChI=1S/C59H88N7O20P/c1-41(2)54(63-50(69)27-32-81-34-36-83-37-35-82-33-31-66-52(71)38-42(3)57(66)75)56(74)62-47(18-13-14-19-49(60)68)55(73)61-44-24-22-43(23-25-44)40-84-58(76)65(6)30-29-64(5)51(70)20-12-10-8-7-9-11-16-45(67)39-48(86-87(78,79)80)59(4,77)28-26-46-17-15-21-53(72)85-46/h7-11,15-16,21-26,28,41-42,45-48,54,67,77H,12-14,17-20,27,29-40H2,1-6H3,(H2,60,68)(H,61,73)(H,62,74)(H,63,69)(H2,78,79,80)/p-1/b9-7-,10-8-,16-11-,28-26+/t42?,45-,46+,47+,48+,54+,59+/m1/s1. The van der Waals surface area contributed by atoms with Crippen LogP contribution in [0, 0.1) is 11.8 Å². The maximum absolute atomic E-state index is 13.6. The number of allylic oxidation sites excluding steroid dienone is 5. The van der Waals surface area contributed by atoms with Gasteiger partial charge in [-0.25, -0.2) is 9.59 Å². The van der Waals surface area contributed by atoms with Gasteiger partial charge in [-0.05, 0) is 55.9 Å². The third kappa shape index (κ3) is 30.5. The molecule has 3 rings (SSSR count). The Balaban J connectivity index is 1.37. The van der Waals surface area contributed by atoms with E-state index in [1.165, 1.54) is 59.1 Å². The van der Waals surface area contributed by atoms with E-state index in [2.05, 4.69) is 16.0 Å². The van der Waals surface area contributed by atoms with Gasteiger partial charge in [0.1, 0.15) is 36.5 Å². The van der Waals surface area contributed by atoms with Crippen LogP contribution in [0.2, 0.25) is 0 Å². The molecule has 1 saturated heterocycles. The van der Waals surface area contributed by atoms with Crippen LogP contribution >= 0.6 is 7.82 Å². The van der Waals surface area contributed by atoms with Gasteiger partial charge in [0.15, 0.2) is 0 Å². The number of phosphoric ester groups is 1. The molecule has 2 aliphatic heterocycles. The van der Waals surface area contributed by atoms with Crippen LogP contribution in [0.25, 0.3) is 0 Å². The molecule has 0 saturated carbocycles. The van der Waals surface area contributed by atoms with Crippen molar-refractivity contribution in [2.24, 2.45) is 17.6 Å². The molecular weight excluding hydrogens is 1160 g/mol. The predicted octanol–water partition coefficient (Wildman–Crippen LogP) is 2.38. The number of rotatable bonds is 41.